The number of aliphatic hydroxyl groups excluding tert-OH is 1. The van der Waals surface area contributed by atoms with E-state index < -0.39 is 23.2 Å². The quantitative estimate of drug-likeness (QED) is 0.775. The van der Waals surface area contributed by atoms with Crippen LogP contribution in [0.2, 0.25) is 0 Å². The maximum absolute atomic E-state index is 12.0. The van der Waals surface area contributed by atoms with E-state index in [0.717, 1.165) is 30.0 Å². The van der Waals surface area contributed by atoms with E-state index in [2.05, 4.69) is 11.9 Å². The average molecular weight is 345 g/mol. The van der Waals surface area contributed by atoms with Gasteiger partial charge in [0.2, 0.25) is 0 Å². The fourth-order valence-electron chi connectivity index (χ4n) is 5.81. The van der Waals surface area contributed by atoms with Crippen molar-refractivity contribution in [3.8, 4) is 11.5 Å². The molecule has 25 heavy (non-hydrogen) atoms. The summed E-state index contributed by atoms with van der Waals surface area (Å²) in [7, 11) is 2.12. The topological polar surface area (TPSA) is 73.2 Å². The van der Waals surface area contributed by atoms with E-state index in [-0.39, 0.29) is 11.8 Å². The van der Waals surface area contributed by atoms with Gasteiger partial charge >= 0.3 is 0 Å². The third kappa shape index (κ3) is 1.89. The van der Waals surface area contributed by atoms with Crippen molar-refractivity contribution < 1.29 is 20.1 Å². The number of aromatic hydroxyl groups is 1. The Balaban J connectivity index is 1.67. The summed E-state index contributed by atoms with van der Waals surface area (Å²) in [6, 6.07) is 3.65. The first-order valence-corrected chi connectivity index (χ1v) is 9.49. The van der Waals surface area contributed by atoms with Gasteiger partial charge in [-0.15, -0.1) is 0 Å². The van der Waals surface area contributed by atoms with E-state index in [4.69, 9.17) is 4.74 Å². The highest BCUT2D eigenvalue weighted by atomic mass is 16.5. The molecule has 2 unspecified atom stereocenters. The van der Waals surface area contributed by atoms with Crippen LogP contribution in [-0.2, 0) is 11.8 Å². The summed E-state index contributed by atoms with van der Waals surface area (Å²) in [5, 5.41) is 32.9. The molecule has 0 spiro atoms. The van der Waals surface area contributed by atoms with E-state index >= 15 is 0 Å². The van der Waals surface area contributed by atoms with Gasteiger partial charge in [-0.1, -0.05) is 6.07 Å². The zero-order valence-electron chi connectivity index (χ0n) is 14.9. The van der Waals surface area contributed by atoms with Gasteiger partial charge in [0.05, 0.1) is 17.1 Å². The largest absolute Gasteiger partial charge is 0.504 e. The molecule has 3 N–H and O–H groups in total. The molecule has 0 saturated heterocycles. The van der Waals surface area contributed by atoms with Crippen LogP contribution in [0.1, 0.15) is 43.7 Å². The van der Waals surface area contributed by atoms with E-state index in [1.54, 1.807) is 6.07 Å². The van der Waals surface area contributed by atoms with Gasteiger partial charge in [0.15, 0.2) is 11.5 Å². The summed E-state index contributed by atoms with van der Waals surface area (Å²) in [4.78, 5) is 2.32. The maximum Gasteiger partial charge on any atom is 0.165 e. The van der Waals surface area contributed by atoms with Crippen molar-refractivity contribution in [3.05, 3.63) is 23.3 Å². The second kappa shape index (κ2) is 4.90. The summed E-state index contributed by atoms with van der Waals surface area (Å²) in [6.45, 7) is 3.03. The van der Waals surface area contributed by atoms with Gasteiger partial charge in [-0.25, -0.2) is 0 Å². The molecule has 3 aliphatic carbocycles. The second-order valence-electron chi connectivity index (χ2n) is 8.82. The van der Waals surface area contributed by atoms with Crippen LogP contribution in [0.4, 0.5) is 0 Å². The molecule has 1 aliphatic heterocycles. The molecule has 0 amide bonds. The predicted octanol–water partition coefficient (Wildman–Crippen LogP) is 1.56. The lowest BCUT2D eigenvalue weighted by molar-refractivity contribution is -0.175. The molecular formula is C20H27NO4. The van der Waals surface area contributed by atoms with Gasteiger partial charge in [-0.3, -0.25) is 4.90 Å². The molecule has 0 aromatic heterocycles. The van der Waals surface area contributed by atoms with Crippen LogP contribution in [0, 0.1) is 5.92 Å². The van der Waals surface area contributed by atoms with Crippen LogP contribution in [0.25, 0.3) is 0 Å². The van der Waals surface area contributed by atoms with Gasteiger partial charge in [0.25, 0.3) is 0 Å². The van der Waals surface area contributed by atoms with Crippen molar-refractivity contribution in [2.45, 2.75) is 68.3 Å². The van der Waals surface area contributed by atoms with Gasteiger partial charge in [0.1, 0.15) is 6.10 Å². The van der Waals surface area contributed by atoms with E-state index in [0.29, 0.717) is 18.6 Å². The van der Waals surface area contributed by atoms with E-state index in [1.807, 2.05) is 13.0 Å². The number of hydrogen-bond acceptors (Lipinski definition) is 5. The number of phenols is 1. The Morgan fingerprint density at radius 2 is 2.04 bits per heavy atom. The van der Waals surface area contributed by atoms with Crippen molar-refractivity contribution >= 4 is 0 Å². The van der Waals surface area contributed by atoms with Gasteiger partial charge in [-0.05, 0) is 63.6 Å². The smallest absolute Gasteiger partial charge is 0.165 e. The van der Waals surface area contributed by atoms with E-state index in [9.17, 15) is 15.3 Å². The molecule has 5 atom stereocenters. The molecule has 4 aliphatic rings. The molecule has 2 saturated carbocycles. The summed E-state index contributed by atoms with van der Waals surface area (Å²) < 4.78 is 6.06. The van der Waals surface area contributed by atoms with Crippen molar-refractivity contribution in [2.24, 2.45) is 5.92 Å². The minimum absolute atomic E-state index is 0.000284. The summed E-state index contributed by atoms with van der Waals surface area (Å²) in [6.07, 6.45) is 3.26. The second-order valence-corrected chi connectivity index (χ2v) is 8.82. The lowest BCUT2D eigenvalue weighted by Crippen LogP contribution is -2.72. The van der Waals surface area contributed by atoms with Crippen LogP contribution in [-0.4, -0.2) is 57.7 Å². The first-order chi connectivity index (χ1) is 11.9. The fraction of sp³-hybridized carbons (Fsp3) is 0.700. The first kappa shape index (κ1) is 15.9. The monoisotopic (exact) mass is 345 g/mol. The predicted molar refractivity (Wildman–Crippen MR) is 92.9 cm³/mol. The molecule has 1 aromatic rings. The molecule has 5 rings (SSSR count). The lowest BCUT2D eigenvalue weighted by atomic mass is 9.52. The Morgan fingerprint density at radius 1 is 1.28 bits per heavy atom. The standard InChI is InChI=1S/C20H27NO4/c1-19-16-12-5-6-13(22)17(16)25-18(19)14(23)7-8-20(19,24)15(9-12)21(2)10-11-3-4-11/h5-6,11,14-15,18,22-24H,3-4,7-10H2,1-2H3/t14-,15?,18+,19?,20-/m1/s1. The molecule has 2 fully saturated rings. The maximum atomic E-state index is 12.0. The number of phenolic OH excluding ortho intramolecular Hbond substituents is 1. The highest BCUT2D eigenvalue weighted by Gasteiger charge is 2.69. The third-order valence-corrected chi connectivity index (χ3v) is 7.37. The van der Waals surface area contributed by atoms with Crippen molar-refractivity contribution in [3.63, 3.8) is 0 Å². The number of ether oxygens (including phenoxy) is 1. The number of rotatable bonds is 3. The van der Waals surface area contributed by atoms with E-state index in [1.165, 1.54) is 12.8 Å². The highest BCUT2D eigenvalue weighted by molar-refractivity contribution is 5.61. The molecule has 0 bridgehead atoms. The number of aliphatic hydroxyl groups is 2. The minimum atomic E-state index is -0.966. The molecule has 1 aromatic carbocycles. The normalized spacial score (nSPS) is 41.6. The first-order valence-electron chi connectivity index (χ1n) is 9.49. The van der Waals surface area contributed by atoms with Crippen LogP contribution < -0.4 is 4.74 Å². The zero-order valence-corrected chi connectivity index (χ0v) is 14.9. The van der Waals surface area contributed by atoms with Crippen molar-refractivity contribution in [2.75, 3.05) is 13.6 Å². The summed E-state index contributed by atoms with van der Waals surface area (Å²) >= 11 is 0. The Labute approximate surface area is 148 Å². The van der Waals surface area contributed by atoms with Crippen molar-refractivity contribution in [1.82, 2.24) is 4.90 Å². The Bertz CT molecular complexity index is 733. The number of likely N-dealkylation sites (N-methyl/N-ethyl adjacent to an activating group) is 1. The molecule has 5 nitrogen and oxygen atoms in total. The summed E-state index contributed by atoms with van der Waals surface area (Å²) in [5.41, 5.74) is 0.375. The zero-order chi connectivity index (χ0) is 17.6. The van der Waals surface area contributed by atoms with Crippen LogP contribution in [0.5, 0.6) is 11.5 Å². The molecule has 1 heterocycles. The Kier molecular flexibility index (Phi) is 3.12. The lowest BCUT2D eigenvalue weighted by Gasteiger charge is -2.58. The van der Waals surface area contributed by atoms with Crippen LogP contribution >= 0.6 is 0 Å². The third-order valence-electron chi connectivity index (χ3n) is 7.37. The average Bonchev–Trinajstić information content (AvgIpc) is 3.31. The SMILES string of the molecule is CN(CC1CC1)C1Cc2ccc(O)c3c2C2(C)[C@@H](O3)[C@H](O)CC[C@@]12O. The van der Waals surface area contributed by atoms with Crippen LogP contribution in [0.3, 0.4) is 0 Å². The number of nitrogens with zero attached hydrogens (tertiary/aromatic N) is 1. The van der Waals surface area contributed by atoms with Gasteiger partial charge < -0.3 is 20.1 Å². The van der Waals surface area contributed by atoms with Gasteiger partial charge in [0, 0.05) is 18.2 Å². The highest BCUT2D eigenvalue weighted by Crippen LogP contribution is 2.62. The van der Waals surface area contributed by atoms with Crippen molar-refractivity contribution in [1.29, 1.82) is 0 Å². The number of hydrogen-bond donors (Lipinski definition) is 3. The molecule has 136 valence electrons. The fourth-order valence-corrected chi connectivity index (χ4v) is 5.81. The molecular weight excluding hydrogens is 318 g/mol. The molecule has 5 heteroatoms. The minimum Gasteiger partial charge on any atom is -0.504 e. The van der Waals surface area contributed by atoms with Crippen LogP contribution in [0.15, 0.2) is 12.1 Å². The Hall–Kier alpha value is -1.30. The number of benzene rings is 1. The molecule has 0 radical (unpaired) electrons. The Morgan fingerprint density at radius 3 is 2.76 bits per heavy atom. The van der Waals surface area contributed by atoms with Gasteiger partial charge in [-0.2, -0.15) is 0 Å². The summed E-state index contributed by atoms with van der Waals surface area (Å²) in [5.74, 6) is 1.32.